The predicted octanol–water partition coefficient (Wildman–Crippen LogP) is 4.10. The summed E-state index contributed by atoms with van der Waals surface area (Å²) in [7, 11) is 1.75. The van der Waals surface area contributed by atoms with E-state index in [1.54, 1.807) is 41.1 Å². The van der Waals surface area contributed by atoms with E-state index < -0.39 is 0 Å². The molecule has 0 radical (unpaired) electrons. The summed E-state index contributed by atoms with van der Waals surface area (Å²) >= 11 is 12.1. The number of amides is 2. The molecule has 2 amide bonds. The van der Waals surface area contributed by atoms with Gasteiger partial charge in [-0.25, -0.2) is 0 Å². The van der Waals surface area contributed by atoms with E-state index in [1.165, 1.54) is 6.26 Å². The summed E-state index contributed by atoms with van der Waals surface area (Å²) in [5.74, 6) is -0.0815. The highest BCUT2D eigenvalue weighted by atomic mass is 35.5. The number of hydrogen-bond acceptors (Lipinski definition) is 3. The van der Waals surface area contributed by atoms with Gasteiger partial charge in [-0.3, -0.25) is 9.59 Å². The first-order valence-corrected chi connectivity index (χ1v) is 9.23. The molecule has 1 aliphatic heterocycles. The summed E-state index contributed by atoms with van der Waals surface area (Å²) in [6.07, 6.45) is 3.03. The van der Waals surface area contributed by atoms with Gasteiger partial charge in [0.15, 0.2) is 5.76 Å². The van der Waals surface area contributed by atoms with E-state index in [-0.39, 0.29) is 17.7 Å². The van der Waals surface area contributed by atoms with Crippen LogP contribution in [0.1, 0.15) is 29.0 Å². The highest BCUT2D eigenvalue weighted by Gasteiger charge is 2.31. The number of benzene rings is 1. The van der Waals surface area contributed by atoms with Crippen LogP contribution in [0.2, 0.25) is 10.0 Å². The molecular formula is C19H20Cl2N2O3. The molecule has 0 saturated carbocycles. The van der Waals surface area contributed by atoms with Crippen molar-refractivity contribution in [2.45, 2.75) is 19.4 Å². The maximum Gasteiger partial charge on any atom is 0.289 e. The van der Waals surface area contributed by atoms with Crippen LogP contribution in [0, 0.1) is 5.92 Å². The third kappa shape index (κ3) is 4.22. The Morgan fingerprint density at radius 1 is 1.31 bits per heavy atom. The fourth-order valence-electron chi connectivity index (χ4n) is 3.21. The Labute approximate surface area is 162 Å². The van der Waals surface area contributed by atoms with Gasteiger partial charge in [0.2, 0.25) is 5.91 Å². The van der Waals surface area contributed by atoms with E-state index in [1.807, 2.05) is 6.07 Å². The lowest BCUT2D eigenvalue weighted by Crippen LogP contribution is -2.45. The van der Waals surface area contributed by atoms with Crippen molar-refractivity contribution in [3.63, 3.8) is 0 Å². The number of likely N-dealkylation sites (tertiary alicyclic amines) is 1. The highest BCUT2D eigenvalue weighted by molar-refractivity contribution is 6.35. The molecule has 1 aromatic carbocycles. The van der Waals surface area contributed by atoms with E-state index in [0.717, 1.165) is 18.4 Å². The van der Waals surface area contributed by atoms with Crippen molar-refractivity contribution in [3.8, 4) is 0 Å². The molecule has 2 heterocycles. The second-order valence-electron chi connectivity index (χ2n) is 6.50. The number of carbonyl (C=O) groups excluding carboxylic acids is 2. The Morgan fingerprint density at radius 3 is 2.81 bits per heavy atom. The van der Waals surface area contributed by atoms with Crippen LogP contribution < -0.4 is 0 Å². The van der Waals surface area contributed by atoms with Crippen molar-refractivity contribution in [3.05, 3.63) is 58.0 Å². The van der Waals surface area contributed by atoms with Crippen LogP contribution in [0.15, 0.2) is 41.0 Å². The number of nitrogens with zero attached hydrogens (tertiary/aromatic N) is 2. The number of furan rings is 1. The van der Waals surface area contributed by atoms with Gasteiger partial charge in [-0.05, 0) is 42.7 Å². The van der Waals surface area contributed by atoms with Crippen LogP contribution in [-0.2, 0) is 11.3 Å². The third-order valence-electron chi connectivity index (χ3n) is 4.59. The average Bonchev–Trinajstić information content (AvgIpc) is 3.17. The zero-order chi connectivity index (χ0) is 18.7. The highest BCUT2D eigenvalue weighted by Crippen LogP contribution is 2.24. The van der Waals surface area contributed by atoms with Gasteiger partial charge in [0, 0.05) is 36.7 Å². The lowest BCUT2D eigenvalue weighted by molar-refractivity contribution is -0.136. The SMILES string of the molecule is CN(Cc1ccc(Cl)cc1Cl)C(=O)C1CCCN(C(=O)c2ccco2)C1. The zero-order valence-corrected chi connectivity index (χ0v) is 16.0. The van der Waals surface area contributed by atoms with E-state index in [9.17, 15) is 9.59 Å². The van der Waals surface area contributed by atoms with E-state index in [0.29, 0.717) is 35.4 Å². The lowest BCUT2D eigenvalue weighted by atomic mass is 9.96. The van der Waals surface area contributed by atoms with Gasteiger partial charge in [0.1, 0.15) is 0 Å². The molecule has 7 heteroatoms. The van der Waals surface area contributed by atoms with Crippen molar-refractivity contribution >= 4 is 35.0 Å². The van der Waals surface area contributed by atoms with Gasteiger partial charge in [-0.1, -0.05) is 29.3 Å². The molecule has 26 heavy (non-hydrogen) atoms. The molecular weight excluding hydrogens is 375 g/mol. The standard InChI is InChI=1S/C19H20Cl2N2O3/c1-22(11-13-6-7-15(20)10-16(13)21)18(24)14-4-2-8-23(12-14)19(25)17-5-3-9-26-17/h3,5-7,9-10,14H,2,4,8,11-12H2,1H3. The zero-order valence-electron chi connectivity index (χ0n) is 14.5. The molecule has 1 saturated heterocycles. The largest absolute Gasteiger partial charge is 0.459 e. The number of piperidine rings is 1. The smallest absolute Gasteiger partial charge is 0.289 e. The molecule has 5 nitrogen and oxygen atoms in total. The predicted molar refractivity (Wildman–Crippen MR) is 100 cm³/mol. The first-order chi connectivity index (χ1) is 12.5. The van der Waals surface area contributed by atoms with Gasteiger partial charge < -0.3 is 14.2 Å². The maximum absolute atomic E-state index is 12.8. The van der Waals surface area contributed by atoms with Crippen LogP contribution in [0.5, 0.6) is 0 Å². The molecule has 0 aliphatic carbocycles. The summed E-state index contributed by atoms with van der Waals surface area (Å²) in [4.78, 5) is 28.6. The molecule has 1 fully saturated rings. The number of halogens is 2. The molecule has 2 aromatic rings. The Kier molecular flexibility index (Phi) is 5.89. The van der Waals surface area contributed by atoms with Crippen molar-refractivity contribution < 1.29 is 14.0 Å². The molecule has 1 unspecified atom stereocenters. The van der Waals surface area contributed by atoms with E-state index >= 15 is 0 Å². The minimum Gasteiger partial charge on any atom is -0.459 e. The Balaban J connectivity index is 1.64. The topological polar surface area (TPSA) is 53.8 Å². The van der Waals surface area contributed by atoms with Crippen LogP contribution in [0.3, 0.4) is 0 Å². The Morgan fingerprint density at radius 2 is 2.12 bits per heavy atom. The van der Waals surface area contributed by atoms with Gasteiger partial charge in [-0.2, -0.15) is 0 Å². The van der Waals surface area contributed by atoms with Crippen LogP contribution in [0.4, 0.5) is 0 Å². The Hall–Kier alpha value is -1.98. The molecule has 1 aliphatic rings. The summed E-state index contributed by atoms with van der Waals surface area (Å²) in [6, 6.07) is 8.57. The maximum atomic E-state index is 12.8. The van der Waals surface area contributed by atoms with Gasteiger partial charge in [0.25, 0.3) is 5.91 Å². The number of rotatable bonds is 4. The second kappa shape index (κ2) is 8.14. The Bertz CT molecular complexity index is 792. The minimum atomic E-state index is -0.223. The number of hydrogen-bond donors (Lipinski definition) is 0. The van der Waals surface area contributed by atoms with Gasteiger partial charge in [0.05, 0.1) is 12.2 Å². The van der Waals surface area contributed by atoms with Crippen LogP contribution in [0.25, 0.3) is 0 Å². The summed E-state index contributed by atoms with van der Waals surface area (Å²) in [6.45, 7) is 1.44. The molecule has 0 bridgehead atoms. The fraction of sp³-hybridized carbons (Fsp3) is 0.368. The lowest BCUT2D eigenvalue weighted by Gasteiger charge is -2.33. The number of carbonyl (C=O) groups is 2. The van der Waals surface area contributed by atoms with Crippen LogP contribution in [-0.4, -0.2) is 41.8 Å². The third-order valence-corrected chi connectivity index (χ3v) is 5.18. The van der Waals surface area contributed by atoms with Crippen molar-refractivity contribution in [2.24, 2.45) is 5.92 Å². The molecule has 1 aromatic heterocycles. The van der Waals surface area contributed by atoms with E-state index in [4.69, 9.17) is 27.6 Å². The molecule has 138 valence electrons. The van der Waals surface area contributed by atoms with Crippen molar-refractivity contribution in [1.29, 1.82) is 0 Å². The van der Waals surface area contributed by atoms with Crippen LogP contribution >= 0.6 is 23.2 Å². The van der Waals surface area contributed by atoms with Gasteiger partial charge >= 0.3 is 0 Å². The van der Waals surface area contributed by atoms with Gasteiger partial charge in [-0.15, -0.1) is 0 Å². The molecule has 0 spiro atoms. The quantitative estimate of drug-likeness (QED) is 0.784. The summed E-state index contributed by atoms with van der Waals surface area (Å²) < 4.78 is 5.18. The summed E-state index contributed by atoms with van der Waals surface area (Å²) in [5, 5.41) is 1.10. The molecule has 0 N–H and O–H groups in total. The van der Waals surface area contributed by atoms with E-state index in [2.05, 4.69) is 0 Å². The fourth-order valence-corrected chi connectivity index (χ4v) is 3.68. The normalized spacial score (nSPS) is 17.2. The van der Waals surface area contributed by atoms with Crippen molar-refractivity contribution in [2.75, 3.05) is 20.1 Å². The minimum absolute atomic E-state index is 0.00737. The average molecular weight is 395 g/mol. The monoisotopic (exact) mass is 394 g/mol. The first-order valence-electron chi connectivity index (χ1n) is 8.47. The molecule has 1 atom stereocenters. The second-order valence-corrected chi connectivity index (χ2v) is 7.34. The first kappa shape index (κ1) is 18.8. The summed E-state index contributed by atoms with van der Waals surface area (Å²) in [5.41, 5.74) is 0.839. The molecule has 3 rings (SSSR count). The van der Waals surface area contributed by atoms with Crippen molar-refractivity contribution in [1.82, 2.24) is 9.80 Å².